The highest BCUT2D eigenvalue weighted by Gasteiger charge is 2.14. The van der Waals surface area contributed by atoms with E-state index >= 15 is 0 Å². The van der Waals surface area contributed by atoms with Crippen LogP contribution in [0.4, 0.5) is 4.39 Å². The first-order valence-corrected chi connectivity index (χ1v) is 6.52. The van der Waals surface area contributed by atoms with Crippen LogP contribution in [-0.4, -0.2) is 18.0 Å². The van der Waals surface area contributed by atoms with E-state index in [4.69, 9.17) is 10.00 Å². The third-order valence-electron chi connectivity index (χ3n) is 3.18. The molecule has 2 rings (SSSR count). The number of hydrogen-bond donors (Lipinski definition) is 1. The van der Waals surface area contributed by atoms with E-state index in [-0.39, 0.29) is 18.0 Å². The van der Waals surface area contributed by atoms with Crippen molar-refractivity contribution in [1.29, 1.82) is 5.26 Å². The highest BCUT2D eigenvalue weighted by atomic mass is 19.1. The summed E-state index contributed by atoms with van der Waals surface area (Å²) in [5.74, 6) is -1.10. The van der Waals surface area contributed by atoms with Gasteiger partial charge in [0.25, 0.3) is 5.91 Å². The van der Waals surface area contributed by atoms with Gasteiger partial charge in [0.05, 0.1) is 24.9 Å². The van der Waals surface area contributed by atoms with Crippen molar-refractivity contribution in [2.45, 2.75) is 13.5 Å². The topological polar surface area (TPSA) is 75.0 Å². The molecule has 6 heteroatoms. The Bertz CT molecular complexity index is 754. The lowest BCUT2D eigenvalue weighted by molar-refractivity contribution is 0.0941. The SMILES string of the molecule is COc1cnc(C(=O)NCc2ccc(C#N)cc2C)c(F)c1. The minimum Gasteiger partial charge on any atom is -0.495 e. The first-order chi connectivity index (χ1) is 10.5. The fraction of sp³-hybridized carbons (Fsp3) is 0.188. The molecule has 22 heavy (non-hydrogen) atoms. The summed E-state index contributed by atoms with van der Waals surface area (Å²) in [5.41, 5.74) is 1.99. The summed E-state index contributed by atoms with van der Waals surface area (Å²) in [6.45, 7) is 2.07. The van der Waals surface area contributed by atoms with Gasteiger partial charge in [-0.1, -0.05) is 6.07 Å². The number of methoxy groups -OCH3 is 1. The average Bonchev–Trinajstić information content (AvgIpc) is 2.53. The molecule has 1 amide bonds. The zero-order valence-corrected chi connectivity index (χ0v) is 12.2. The van der Waals surface area contributed by atoms with Gasteiger partial charge in [-0.25, -0.2) is 9.37 Å². The summed E-state index contributed by atoms with van der Waals surface area (Å²) in [4.78, 5) is 15.7. The molecule has 5 nitrogen and oxygen atoms in total. The molecule has 1 aromatic heterocycles. The van der Waals surface area contributed by atoms with Crippen LogP contribution in [-0.2, 0) is 6.54 Å². The van der Waals surface area contributed by atoms with Crippen molar-refractivity contribution in [3.05, 3.63) is 58.7 Å². The van der Waals surface area contributed by atoms with Gasteiger partial charge in [0.15, 0.2) is 11.5 Å². The van der Waals surface area contributed by atoms with Crippen molar-refractivity contribution < 1.29 is 13.9 Å². The normalized spacial score (nSPS) is 9.91. The average molecular weight is 299 g/mol. The molecule has 0 aliphatic heterocycles. The predicted molar refractivity (Wildman–Crippen MR) is 77.8 cm³/mol. The fourth-order valence-electron chi connectivity index (χ4n) is 1.92. The molecule has 0 saturated heterocycles. The van der Waals surface area contributed by atoms with Crippen molar-refractivity contribution >= 4 is 5.91 Å². The molecule has 1 N–H and O–H groups in total. The van der Waals surface area contributed by atoms with E-state index in [0.717, 1.165) is 17.2 Å². The zero-order valence-electron chi connectivity index (χ0n) is 12.2. The Morgan fingerprint density at radius 3 is 2.82 bits per heavy atom. The second-order valence-corrected chi connectivity index (χ2v) is 4.64. The molecule has 0 spiro atoms. The summed E-state index contributed by atoms with van der Waals surface area (Å²) in [7, 11) is 1.39. The Morgan fingerprint density at radius 1 is 1.45 bits per heavy atom. The number of nitrogens with zero attached hydrogens (tertiary/aromatic N) is 2. The van der Waals surface area contributed by atoms with Crippen LogP contribution < -0.4 is 10.1 Å². The molecule has 0 aliphatic carbocycles. The summed E-state index contributed by atoms with van der Waals surface area (Å²) in [5, 5.41) is 11.4. The van der Waals surface area contributed by atoms with Crippen LogP contribution in [0.3, 0.4) is 0 Å². The smallest absolute Gasteiger partial charge is 0.273 e. The Hall–Kier alpha value is -2.94. The number of aryl methyl sites for hydroxylation is 1. The Labute approximate surface area is 127 Å². The van der Waals surface area contributed by atoms with Gasteiger partial charge in [-0.15, -0.1) is 0 Å². The predicted octanol–water partition coefficient (Wildman–Crippen LogP) is 2.34. The maximum absolute atomic E-state index is 13.8. The lowest BCUT2D eigenvalue weighted by Gasteiger charge is -2.09. The number of halogens is 1. The molecule has 0 radical (unpaired) electrons. The summed E-state index contributed by atoms with van der Waals surface area (Å²) < 4.78 is 18.6. The van der Waals surface area contributed by atoms with Crippen molar-refractivity contribution in [2.24, 2.45) is 0 Å². The molecule has 1 aromatic carbocycles. The minimum absolute atomic E-state index is 0.226. The van der Waals surface area contributed by atoms with Crippen LogP contribution in [0, 0.1) is 24.1 Å². The molecule has 0 unspecified atom stereocenters. The van der Waals surface area contributed by atoms with Crippen molar-refractivity contribution in [1.82, 2.24) is 10.3 Å². The fourth-order valence-corrected chi connectivity index (χ4v) is 1.92. The molecular formula is C16H14FN3O2. The van der Waals surface area contributed by atoms with E-state index in [2.05, 4.69) is 10.3 Å². The van der Waals surface area contributed by atoms with E-state index < -0.39 is 11.7 Å². The summed E-state index contributed by atoms with van der Waals surface area (Å²) in [6.07, 6.45) is 1.28. The molecule has 0 aliphatic rings. The number of rotatable bonds is 4. The van der Waals surface area contributed by atoms with Gasteiger partial charge in [0.1, 0.15) is 5.75 Å². The van der Waals surface area contributed by atoms with E-state index in [9.17, 15) is 9.18 Å². The Morgan fingerprint density at radius 2 is 2.23 bits per heavy atom. The van der Waals surface area contributed by atoms with Gasteiger partial charge < -0.3 is 10.1 Å². The first kappa shape index (κ1) is 15.4. The monoisotopic (exact) mass is 299 g/mol. The van der Waals surface area contributed by atoms with E-state index in [1.807, 2.05) is 13.0 Å². The molecule has 0 atom stereocenters. The van der Waals surface area contributed by atoms with E-state index in [1.165, 1.54) is 13.3 Å². The lowest BCUT2D eigenvalue weighted by Crippen LogP contribution is -2.25. The molecule has 112 valence electrons. The van der Waals surface area contributed by atoms with Gasteiger partial charge in [-0.3, -0.25) is 4.79 Å². The number of aromatic nitrogens is 1. The Kier molecular flexibility index (Phi) is 4.69. The number of nitrogens with one attached hydrogen (secondary N) is 1. The number of carbonyl (C=O) groups is 1. The van der Waals surface area contributed by atoms with Crippen LogP contribution >= 0.6 is 0 Å². The van der Waals surface area contributed by atoms with E-state index in [0.29, 0.717) is 5.56 Å². The molecule has 0 fully saturated rings. The van der Waals surface area contributed by atoms with Crippen LogP contribution in [0.1, 0.15) is 27.2 Å². The molecular weight excluding hydrogens is 285 g/mol. The number of ether oxygens (including phenoxy) is 1. The number of nitriles is 1. The van der Waals surface area contributed by atoms with Gasteiger partial charge >= 0.3 is 0 Å². The molecule has 0 bridgehead atoms. The summed E-state index contributed by atoms with van der Waals surface area (Å²) in [6, 6.07) is 8.30. The van der Waals surface area contributed by atoms with Gasteiger partial charge in [0, 0.05) is 12.6 Å². The standard InChI is InChI=1S/C16H14FN3O2/c1-10-5-11(7-18)3-4-12(10)8-20-16(21)15-14(17)6-13(22-2)9-19-15/h3-6,9H,8H2,1-2H3,(H,20,21). The van der Waals surface area contributed by atoms with Crippen molar-refractivity contribution in [3.8, 4) is 11.8 Å². The minimum atomic E-state index is -0.742. The number of amides is 1. The van der Waals surface area contributed by atoms with Gasteiger partial charge in [-0.05, 0) is 30.2 Å². The largest absolute Gasteiger partial charge is 0.495 e. The third kappa shape index (κ3) is 3.38. The van der Waals surface area contributed by atoms with Crippen LogP contribution in [0.25, 0.3) is 0 Å². The van der Waals surface area contributed by atoms with Crippen LogP contribution in [0.5, 0.6) is 5.75 Å². The maximum Gasteiger partial charge on any atom is 0.273 e. The quantitative estimate of drug-likeness (QED) is 0.940. The molecule has 0 saturated carbocycles. The second kappa shape index (κ2) is 6.68. The number of hydrogen-bond acceptors (Lipinski definition) is 4. The van der Waals surface area contributed by atoms with Crippen LogP contribution in [0.15, 0.2) is 30.5 Å². The molecule has 1 heterocycles. The summed E-state index contributed by atoms with van der Waals surface area (Å²) >= 11 is 0. The Balaban J connectivity index is 2.09. The first-order valence-electron chi connectivity index (χ1n) is 6.52. The van der Waals surface area contributed by atoms with Gasteiger partial charge in [0.2, 0.25) is 0 Å². The third-order valence-corrected chi connectivity index (χ3v) is 3.18. The number of pyridine rings is 1. The van der Waals surface area contributed by atoms with E-state index in [1.54, 1.807) is 18.2 Å². The second-order valence-electron chi connectivity index (χ2n) is 4.64. The number of carbonyl (C=O) groups excluding carboxylic acids is 1. The highest BCUT2D eigenvalue weighted by Crippen LogP contribution is 2.14. The molecule has 2 aromatic rings. The maximum atomic E-state index is 13.8. The van der Waals surface area contributed by atoms with Crippen molar-refractivity contribution in [2.75, 3.05) is 7.11 Å². The van der Waals surface area contributed by atoms with Gasteiger partial charge in [-0.2, -0.15) is 5.26 Å². The highest BCUT2D eigenvalue weighted by molar-refractivity contribution is 5.92. The van der Waals surface area contributed by atoms with Crippen LogP contribution in [0.2, 0.25) is 0 Å². The van der Waals surface area contributed by atoms with Crippen molar-refractivity contribution in [3.63, 3.8) is 0 Å². The number of benzene rings is 1. The lowest BCUT2D eigenvalue weighted by atomic mass is 10.1. The zero-order chi connectivity index (χ0) is 16.1.